The molecule has 1 aromatic rings. The van der Waals surface area contributed by atoms with E-state index in [-0.39, 0.29) is 5.78 Å². The molecule has 0 bridgehead atoms. The van der Waals surface area contributed by atoms with Gasteiger partial charge in [0.25, 0.3) is 0 Å². The summed E-state index contributed by atoms with van der Waals surface area (Å²) in [5.74, 6) is 0.492. The topological polar surface area (TPSA) is 34.1 Å². The molecule has 0 N–H and O–H groups in total. The van der Waals surface area contributed by atoms with E-state index < -0.39 is 0 Å². The van der Waals surface area contributed by atoms with Gasteiger partial charge in [-0.15, -0.1) is 11.3 Å². The molecule has 0 saturated heterocycles. The molecule has 0 radical (unpaired) electrons. The van der Waals surface area contributed by atoms with Crippen LogP contribution >= 0.6 is 11.3 Å². The first-order valence-electron chi connectivity index (χ1n) is 4.20. The highest BCUT2D eigenvalue weighted by Crippen LogP contribution is 2.16. The van der Waals surface area contributed by atoms with Crippen molar-refractivity contribution in [2.24, 2.45) is 5.92 Å². The Hall–Kier alpha value is -0.960. The van der Waals surface area contributed by atoms with Gasteiger partial charge >= 0.3 is 0 Å². The average Bonchev–Trinajstić information content (AvgIpc) is 2.50. The lowest BCUT2D eigenvalue weighted by Gasteiger charge is -2.00. The van der Waals surface area contributed by atoms with Gasteiger partial charge in [-0.05, 0) is 12.0 Å². The summed E-state index contributed by atoms with van der Waals surface area (Å²) in [5.41, 5.74) is 0.667. The molecule has 0 spiro atoms. The first kappa shape index (κ1) is 10.1. The maximum Gasteiger partial charge on any atom is 0.163 e. The highest BCUT2D eigenvalue weighted by Gasteiger charge is 2.09. The highest BCUT2D eigenvalue weighted by molar-refractivity contribution is 7.12. The third-order valence-electron chi connectivity index (χ3n) is 1.65. The standard InChI is InChI=1S/C10H12O2S/c1-7(2)3-10(12)8-4-9(5-11)13-6-8/h4-7H,3H2,1-2H3. The third kappa shape index (κ3) is 2.77. The van der Waals surface area contributed by atoms with Crippen molar-refractivity contribution in [1.82, 2.24) is 0 Å². The monoisotopic (exact) mass is 196 g/mol. The van der Waals surface area contributed by atoms with Crippen molar-refractivity contribution in [1.29, 1.82) is 0 Å². The first-order valence-corrected chi connectivity index (χ1v) is 5.08. The number of thiophene rings is 1. The van der Waals surface area contributed by atoms with Gasteiger partial charge in [0.05, 0.1) is 4.88 Å². The average molecular weight is 196 g/mol. The van der Waals surface area contributed by atoms with Gasteiger partial charge in [0.15, 0.2) is 12.1 Å². The Morgan fingerprint density at radius 2 is 2.31 bits per heavy atom. The molecule has 0 aliphatic rings. The number of aldehydes is 1. The summed E-state index contributed by atoms with van der Waals surface area (Å²) in [5, 5.41) is 1.74. The molecule has 3 heteroatoms. The van der Waals surface area contributed by atoms with Crippen LogP contribution in [0.5, 0.6) is 0 Å². The van der Waals surface area contributed by atoms with Crippen LogP contribution in [0, 0.1) is 5.92 Å². The smallest absolute Gasteiger partial charge is 0.163 e. The quantitative estimate of drug-likeness (QED) is 0.548. The Morgan fingerprint density at radius 3 is 2.77 bits per heavy atom. The second-order valence-electron chi connectivity index (χ2n) is 3.38. The molecule has 0 aromatic carbocycles. The molecule has 0 atom stereocenters. The molecule has 13 heavy (non-hydrogen) atoms. The number of carbonyl (C=O) groups excluding carboxylic acids is 2. The minimum absolute atomic E-state index is 0.124. The number of carbonyl (C=O) groups is 2. The molecule has 70 valence electrons. The Morgan fingerprint density at radius 1 is 1.62 bits per heavy atom. The van der Waals surface area contributed by atoms with Crippen molar-refractivity contribution in [3.63, 3.8) is 0 Å². The summed E-state index contributed by atoms with van der Waals surface area (Å²) in [4.78, 5) is 22.5. The van der Waals surface area contributed by atoms with Gasteiger partial charge in [-0.2, -0.15) is 0 Å². The predicted octanol–water partition coefficient (Wildman–Crippen LogP) is 2.79. The second-order valence-corrected chi connectivity index (χ2v) is 4.32. The van der Waals surface area contributed by atoms with Gasteiger partial charge in [-0.1, -0.05) is 13.8 Å². The third-order valence-corrected chi connectivity index (χ3v) is 2.51. The summed E-state index contributed by atoms with van der Waals surface area (Å²) >= 11 is 1.32. The number of rotatable bonds is 4. The number of ketones is 1. The van der Waals surface area contributed by atoms with Crippen molar-refractivity contribution in [3.8, 4) is 0 Å². The van der Waals surface area contributed by atoms with Crippen LogP contribution in [-0.4, -0.2) is 12.1 Å². The number of hydrogen-bond donors (Lipinski definition) is 0. The second kappa shape index (κ2) is 4.33. The zero-order chi connectivity index (χ0) is 9.84. The highest BCUT2D eigenvalue weighted by atomic mass is 32.1. The van der Waals surface area contributed by atoms with Crippen molar-refractivity contribution < 1.29 is 9.59 Å². The van der Waals surface area contributed by atoms with E-state index in [4.69, 9.17) is 0 Å². The zero-order valence-electron chi connectivity index (χ0n) is 7.74. The van der Waals surface area contributed by atoms with E-state index in [1.54, 1.807) is 11.4 Å². The largest absolute Gasteiger partial charge is 0.297 e. The maximum absolute atomic E-state index is 11.5. The number of Topliss-reactive ketones (excluding diaryl/α,β-unsaturated/α-hetero) is 1. The molecule has 1 heterocycles. The molecule has 1 aromatic heterocycles. The Bertz CT molecular complexity index is 312. The van der Waals surface area contributed by atoms with Crippen LogP contribution in [0.2, 0.25) is 0 Å². The van der Waals surface area contributed by atoms with Crippen molar-refractivity contribution in [2.75, 3.05) is 0 Å². The van der Waals surface area contributed by atoms with Crippen LogP contribution in [-0.2, 0) is 0 Å². The van der Waals surface area contributed by atoms with E-state index in [1.807, 2.05) is 13.8 Å². The minimum Gasteiger partial charge on any atom is -0.297 e. The Balaban J connectivity index is 2.71. The molecule has 0 aliphatic heterocycles. The molecule has 0 fully saturated rings. The Kier molecular flexibility index (Phi) is 3.37. The molecule has 0 aliphatic carbocycles. The molecule has 0 amide bonds. The lowest BCUT2D eigenvalue weighted by atomic mass is 10.0. The molecular weight excluding hydrogens is 184 g/mol. The number of hydrogen-bond acceptors (Lipinski definition) is 3. The van der Waals surface area contributed by atoms with Crippen LogP contribution in [0.3, 0.4) is 0 Å². The summed E-state index contributed by atoms with van der Waals surface area (Å²) < 4.78 is 0. The van der Waals surface area contributed by atoms with Crippen LogP contribution in [0.1, 0.15) is 40.3 Å². The minimum atomic E-state index is 0.124. The Labute approximate surface area is 81.6 Å². The van der Waals surface area contributed by atoms with Gasteiger partial charge < -0.3 is 0 Å². The van der Waals surface area contributed by atoms with Gasteiger partial charge in [0.1, 0.15) is 0 Å². The fourth-order valence-electron chi connectivity index (χ4n) is 1.05. The zero-order valence-corrected chi connectivity index (χ0v) is 8.56. The fourth-order valence-corrected chi connectivity index (χ4v) is 1.76. The summed E-state index contributed by atoms with van der Waals surface area (Å²) in [6.45, 7) is 4.01. The van der Waals surface area contributed by atoms with Crippen molar-refractivity contribution in [2.45, 2.75) is 20.3 Å². The van der Waals surface area contributed by atoms with Crippen LogP contribution in [0.15, 0.2) is 11.4 Å². The van der Waals surface area contributed by atoms with E-state index in [0.29, 0.717) is 22.8 Å². The van der Waals surface area contributed by atoms with Crippen LogP contribution in [0.4, 0.5) is 0 Å². The summed E-state index contributed by atoms with van der Waals surface area (Å²) in [7, 11) is 0. The van der Waals surface area contributed by atoms with E-state index in [2.05, 4.69) is 0 Å². The fraction of sp³-hybridized carbons (Fsp3) is 0.400. The van der Waals surface area contributed by atoms with E-state index in [9.17, 15) is 9.59 Å². The van der Waals surface area contributed by atoms with E-state index in [0.717, 1.165) is 6.29 Å². The van der Waals surface area contributed by atoms with Crippen molar-refractivity contribution >= 4 is 23.4 Å². The molecule has 0 unspecified atom stereocenters. The van der Waals surface area contributed by atoms with Gasteiger partial charge in [-0.25, -0.2) is 0 Å². The molecule has 1 rings (SSSR count). The van der Waals surface area contributed by atoms with Crippen molar-refractivity contribution in [3.05, 3.63) is 21.9 Å². The van der Waals surface area contributed by atoms with E-state index in [1.165, 1.54) is 11.3 Å². The molecule has 2 nitrogen and oxygen atoms in total. The maximum atomic E-state index is 11.5. The summed E-state index contributed by atoms with van der Waals surface area (Å²) in [6, 6.07) is 1.66. The predicted molar refractivity (Wildman–Crippen MR) is 53.5 cm³/mol. The van der Waals surface area contributed by atoms with E-state index >= 15 is 0 Å². The molecular formula is C10H12O2S. The van der Waals surface area contributed by atoms with Crippen LogP contribution < -0.4 is 0 Å². The van der Waals surface area contributed by atoms with Gasteiger partial charge in [0.2, 0.25) is 0 Å². The summed E-state index contributed by atoms with van der Waals surface area (Å²) in [6.07, 6.45) is 1.33. The SMILES string of the molecule is CC(C)CC(=O)c1csc(C=O)c1. The lowest BCUT2D eigenvalue weighted by molar-refractivity contribution is 0.0968. The molecule has 0 saturated carbocycles. The van der Waals surface area contributed by atoms with Gasteiger partial charge in [0, 0.05) is 17.4 Å². The lowest BCUT2D eigenvalue weighted by Crippen LogP contribution is -2.01. The normalized spacial score (nSPS) is 10.4. The first-order chi connectivity index (χ1) is 6.13. The van der Waals surface area contributed by atoms with Crippen LogP contribution in [0.25, 0.3) is 0 Å². The van der Waals surface area contributed by atoms with Gasteiger partial charge in [-0.3, -0.25) is 9.59 Å².